The first-order valence-electron chi connectivity index (χ1n) is 7.99. The third-order valence-electron chi connectivity index (χ3n) is 4.38. The molecule has 0 saturated carbocycles. The van der Waals surface area contributed by atoms with Gasteiger partial charge in [0.25, 0.3) is 5.56 Å². The molecule has 0 saturated heterocycles. The fraction of sp³-hybridized carbons (Fsp3) is 0.333. The monoisotopic (exact) mass is 405 g/mol. The molecule has 0 bridgehead atoms. The number of benzene rings is 1. The molecule has 1 aromatic carbocycles. The Morgan fingerprint density at radius 2 is 1.76 bits per heavy atom. The van der Waals surface area contributed by atoms with Gasteiger partial charge in [-0.15, -0.1) is 0 Å². The highest BCUT2D eigenvalue weighted by molar-refractivity contribution is 9.10. The van der Waals surface area contributed by atoms with Crippen molar-refractivity contribution >= 4 is 26.8 Å². The van der Waals surface area contributed by atoms with E-state index in [1.807, 2.05) is 35.0 Å². The summed E-state index contributed by atoms with van der Waals surface area (Å²) in [5.74, 6) is 0. The highest BCUT2D eigenvalue weighted by Crippen LogP contribution is 2.29. The smallest absolute Gasteiger partial charge is 0.330 e. The van der Waals surface area contributed by atoms with E-state index in [0.29, 0.717) is 24.1 Å². The number of rotatable bonds is 5. The van der Waals surface area contributed by atoms with Crippen molar-refractivity contribution in [3.05, 3.63) is 55.8 Å². The van der Waals surface area contributed by atoms with Crippen LogP contribution >= 0.6 is 15.9 Å². The average Bonchev–Trinajstić information content (AvgIpc) is 2.99. The molecule has 0 N–H and O–H groups in total. The molecule has 0 unspecified atom stereocenters. The molecule has 3 rings (SSSR count). The van der Waals surface area contributed by atoms with Crippen LogP contribution in [0, 0.1) is 0 Å². The van der Waals surface area contributed by atoms with Crippen molar-refractivity contribution in [1.29, 1.82) is 0 Å². The van der Waals surface area contributed by atoms with Crippen molar-refractivity contribution in [2.75, 3.05) is 13.7 Å². The van der Waals surface area contributed by atoms with Gasteiger partial charge in [-0.1, -0.05) is 28.1 Å². The zero-order valence-electron chi connectivity index (χ0n) is 14.5. The Kier molecular flexibility index (Phi) is 4.96. The van der Waals surface area contributed by atoms with E-state index in [9.17, 15) is 9.59 Å². The van der Waals surface area contributed by atoms with Gasteiger partial charge < -0.3 is 9.30 Å². The van der Waals surface area contributed by atoms with Crippen molar-refractivity contribution in [2.45, 2.75) is 13.0 Å². The van der Waals surface area contributed by atoms with Gasteiger partial charge in [-0.2, -0.15) is 0 Å². The Balaban J connectivity index is 2.33. The Morgan fingerprint density at radius 3 is 2.40 bits per heavy atom. The van der Waals surface area contributed by atoms with Gasteiger partial charge in [0.05, 0.1) is 16.6 Å². The predicted octanol–water partition coefficient (Wildman–Crippen LogP) is 2.50. The van der Waals surface area contributed by atoms with E-state index in [1.165, 1.54) is 11.6 Å². The second kappa shape index (κ2) is 7.01. The lowest BCUT2D eigenvalue weighted by molar-refractivity contribution is 0.190. The Labute approximate surface area is 153 Å². The molecule has 0 amide bonds. The molecule has 0 aliphatic carbocycles. The molecule has 132 valence electrons. The van der Waals surface area contributed by atoms with Crippen LogP contribution in [0.4, 0.5) is 0 Å². The number of hydrogen-bond donors (Lipinski definition) is 0. The van der Waals surface area contributed by atoms with Crippen LogP contribution in [-0.4, -0.2) is 27.4 Å². The molecule has 3 aromatic rings. The van der Waals surface area contributed by atoms with Crippen LogP contribution in [0.1, 0.15) is 6.42 Å². The van der Waals surface area contributed by atoms with Gasteiger partial charge in [0, 0.05) is 45.0 Å². The Morgan fingerprint density at radius 1 is 1.08 bits per heavy atom. The van der Waals surface area contributed by atoms with Crippen LogP contribution in [-0.2, 0) is 25.4 Å². The van der Waals surface area contributed by atoms with E-state index >= 15 is 0 Å². The average molecular weight is 406 g/mol. The van der Waals surface area contributed by atoms with E-state index in [-0.39, 0.29) is 11.2 Å². The number of aryl methyl sites for hydroxylation is 2. The maximum Gasteiger partial charge on any atom is 0.330 e. The first kappa shape index (κ1) is 17.7. The van der Waals surface area contributed by atoms with Gasteiger partial charge in [-0.25, -0.2) is 4.79 Å². The summed E-state index contributed by atoms with van der Waals surface area (Å²) >= 11 is 3.44. The zero-order valence-corrected chi connectivity index (χ0v) is 16.0. The maximum absolute atomic E-state index is 12.8. The second-order valence-corrected chi connectivity index (χ2v) is 6.91. The maximum atomic E-state index is 12.8. The van der Waals surface area contributed by atoms with Gasteiger partial charge in [-0.3, -0.25) is 13.9 Å². The normalized spacial score (nSPS) is 11.4. The minimum atomic E-state index is -0.325. The SMILES string of the molecule is COCCCn1cc2c(c1-c1ccc(Br)cc1)c(=O)n(C)c(=O)n2C. The minimum absolute atomic E-state index is 0.276. The zero-order chi connectivity index (χ0) is 18.1. The Hall–Kier alpha value is -2.12. The van der Waals surface area contributed by atoms with Gasteiger partial charge in [0.15, 0.2) is 0 Å². The molecule has 0 spiro atoms. The minimum Gasteiger partial charge on any atom is -0.385 e. The molecule has 0 fully saturated rings. The quantitative estimate of drug-likeness (QED) is 0.612. The second-order valence-electron chi connectivity index (χ2n) is 5.99. The van der Waals surface area contributed by atoms with Crippen molar-refractivity contribution in [2.24, 2.45) is 14.1 Å². The summed E-state index contributed by atoms with van der Waals surface area (Å²) in [6.07, 6.45) is 2.69. The van der Waals surface area contributed by atoms with Crippen molar-refractivity contribution in [1.82, 2.24) is 13.7 Å². The first-order chi connectivity index (χ1) is 12.0. The van der Waals surface area contributed by atoms with Gasteiger partial charge in [0.1, 0.15) is 0 Å². The van der Waals surface area contributed by atoms with E-state index in [4.69, 9.17) is 4.74 Å². The van der Waals surface area contributed by atoms with Crippen LogP contribution in [0.3, 0.4) is 0 Å². The molecule has 2 heterocycles. The third-order valence-corrected chi connectivity index (χ3v) is 4.91. The van der Waals surface area contributed by atoms with E-state index < -0.39 is 0 Å². The summed E-state index contributed by atoms with van der Waals surface area (Å²) in [6.45, 7) is 1.33. The number of methoxy groups -OCH3 is 1. The topological polar surface area (TPSA) is 58.2 Å². The van der Waals surface area contributed by atoms with Gasteiger partial charge in [-0.05, 0) is 24.1 Å². The summed E-state index contributed by atoms with van der Waals surface area (Å²) in [7, 11) is 4.87. The number of halogens is 1. The van der Waals surface area contributed by atoms with Crippen molar-refractivity contribution in [3.8, 4) is 11.3 Å². The lowest BCUT2D eigenvalue weighted by Gasteiger charge is -2.10. The number of nitrogens with zero attached hydrogens (tertiary/aromatic N) is 3. The highest BCUT2D eigenvalue weighted by Gasteiger charge is 2.19. The molecule has 25 heavy (non-hydrogen) atoms. The van der Waals surface area contributed by atoms with E-state index in [0.717, 1.165) is 26.7 Å². The Bertz CT molecular complexity index is 1030. The summed E-state index contributed by atoms with van der Waals surface area (Å²) in [6, 6.07) is 7.83. The molecular weight excluding hydrogens is 386 g/mol. The summed E-state index contributed by atoms with van der Waals surface area (Å²) in [4.78, 5) is 25.1. The van der Waals surface area contributed by atoms with Crippen LogP contribution in [0.15, 0.2) is 44.5 Å². The molecular formula is C18H20BrN3O3. The largest absolute Gasteiger partial charge is 0.385 e. The lowest BCUT2D eigenvalue weighted by atomic mass is 10.1. The van der Waals surface area contributed by atoms with Gasteiger partial charge in [0.2, 0.25) is 0 Å². The summed E-state index contributed by atoms with van der Waals surface area (Å²) in [5.41, 5.74) is 1.81. The molecule has 0 radical (unpaired) electrons. The van der Waals surface area contributed by atoms with E-state index in [2.05, 4.69) is 15.9 Å². The predicted molar refractivity (Wildman–Crippen MR) is 102 cm³/mol. The number of fused-ring (bicyclic) bond motifs is 1. The van der Waals surface area contributed by atoms with Crippen LogP contribution < -0.4 is 11.2 Å². The van der Waals surface area contributed by atoms with E-state index in [1.54, 1.807) is 14.2 Å². The molecule has 0 atom stereocenters. The molecule has 7 heteroatoms. The van der Waals surface area contributed by atoms with Gasteiger partial charge >= 0.3 is 5.69 Å². The van der Waals surface area contributed by atoms with Crippen molar-refractivity contribution < 1.29 is 4.74 Å². The van der Waals surface area contributed by atoms with Crippen LogP contribution in [0.25, 0.3) is 22.2 Å². The number of ether oxygens (including phenoxy) is 1. The third kappa shape index (κ3) is 3.09. The van der Waals surface area contributed by atoms with Crippen LogP contribution in [0.2, 0.25) is 0 Å². The standard InChI is InChI=1S/C18H20BrN3O3/c1-20-14-11-22(9-4-10-25-3)16(12-5-7-13(19)8-6-12)15(14)17(23)21(2)18(20)24/h5-8,11H,4,9-10H2,1-3H3. The summed E-state index contributed by atoms with van der Waals surface area (Å²) < 4.78 is 10.8. The highest BCUT2D eigenvalue weighted by atomic mass is 79.9. The molecule has 0 aliphatic heterocycles. The van der Waals surface area contributed by atoms with Crippen LogP contribution in [0.5, 0.6) is 0 Å². The molecule has 0 aliphatic rings. The summed E-state index contributed by atoms with van der Waals surface area (Å²) in [5, 5.41) is 0.560. The first-order valence-corrected chi connectivity index (χ1v) is 8.78. The fourth-order valence-corrected chi connectivity index (χ4v) is 3.33. The number of hydrogen-bond acceptors (Lipinski definition) is 3. The molecule has 6 nitrogen and oxygen atoms in total. The van der Waals surface area contributed by atoms with Crippen molar-refractivity contribution in [3.63, 3.8) is 0 Å². The molecule has 2 aromatic heterocycles. The lowest BCUT2D eigenvalue weighted by Crippen LogP contribution is -2.36. The fourth-order valence-electron chi connectivity index (χ4n) is 3.06. The number of aromatic nitrogens is 3.